The van der Waals surface area contributed by atoms with Gasteiger partial charge in [-0.15, -0.1) is 0 Å². The third-order valence-corrected chi connectivity index (χ3v) is 5.20. The van der Waals surface area contributed by atoms with E-state index in [9.17, 15) is 9.59 Å². The van der Waals surface area contributed by atoms with Crippen LogP contribution in [0, 0.1) is 0 Å². The molecule has 4 nitrogen and oxygen atoms in total. The van der Waals surface area contributed by atoms with E-state index in [1.165, 1.54) is 5.56 Å². The van der Waals surface area contributed by atoms with Gasteiger partial charge in [-0.2, -0.15) is 0 Å². The molecule has 1 aromatic rings. The minimum absolute atomic E-state index is 0.00946. The number of benzene rings is 1. The van der Waals surface area contributed by atoms with Crippen LogP contribution in [0.1, 0.15) is 43.6 Å². The first-order valence-corrected chi connectivity index (χ1v) is 7.87. The molecule has 1 spiro atoms. The van der Waals surface area contributed by atoms with Crippen LogP contribution in [-0.2, 0) is 9.59 Å². The highest BCUT2D eigenvalue weighted by molar-refractivity contribution is 5.98. The van der Waals surface area contributed by atoms with E-state index in [0.29, 0.717) is 5.92 Å². The zero-order valence-corrected chi connectivity index (χ0v) is 12.0. The number of hydrogen-bond acceptors (Lipinski definition) is 2. The average Bonchev–Trinajstić information content (AvgIpc) is 3.16. The first-order valence-electron chi connectivity index (χ1n) is 7.87. The van der Waals surface area contributed by atoms with Crippen LogP contribution in [0.5, 0.6) is 0 Å². The normalized spacial score (nSPS) is 30.6. The number of rotatable bonds is 2. The van der Waals surface area contributed by atoms with Crippen molar-refractivity contribution in [3.63, 3.8) is 0 Å². The predicted octanol–water partition coefficient (Wildman–Crippen LogP) is 1.81. The second kappa shape index (κ2) is 4.58. The van der Waals surface area contributed by atoms with E-state index >= 15 is 0 Å². The van der Waals surface area contributed by atoms with Gasteiger partial charge in [0.15, 0.2) is 0 Å². The Labute approximate surface area is 124 Å². The van der Waals surface area contributed by atoms with Gasteiger partial charge in [0.25, 0.3) is 0 Å². The number of amides is 2. The number of carbonyl (C=O) groups excluding carboxylic acids is 2. The minimum Gasteiger partial charge on any atom is -0.340 e. The molecular formula is C17H20N2O2. The molecule has 21 heavy (non-hydrogen) atoms. The summed E-state index contributed by atoms with van der Waals surface area (Å²) in [6.45, 7) is 0.231. The number of hydrogen-bond donors (Lipinski definition) is 1. The van der Waals surface area contributed by atoms with E-state index in [4.69, 9.17) is 0 Å². The lowest BCUT2D eigenvalue weighted by atomic mass is 9.93. The van der Waals surface area contributed by atoms with Gasteiger partial charge in [-0.05, 0) is 24.8 Å². The van der Waals surface area contributed by atoms with E-state index in [0.717, 1.165) is 32.1 Å². The van der Waals surface area contributed by atoms with Gasteiger partial charge in [0.2, 0.25) is 11.8 Å². The second-order valence-electron chi connectivity index (χ2n) is 6.59. The molecule has 2 unspecified atom stereocenters. The summed E-state index contributed by atoms with van der Waals surface area (Å²) in [4.78, 5) is 26.8. The molecule has 2 amide bonds. The van der Waals surface area contributed by atoms with Crippen molar-refractivity contribution in [1.82, 2.24) is 10.2 Å². The Hall–Kier alpha value is -1.84. The van der Waals surface area contributed by atoms with E-state index in [2.05, 4.69) is 17.4 Å². The highest BCUT2D eigenvalue weighted by Gasteiger charge is 2.54. The summed E-state index contributed by atoms with van der Waals surface area (Å²) < 4.78 is 0. The molecule has 1 aromatic carbocycles. The van der Waals surface area contributed by atoms with Gasteiger partial charge in [0, 0.05) is 12.0 Å². The minimum atomic E-state index is -0.584. The van der Waals surface area contributed by atoms with E-state index < -0.39 is 5.54 Å². The molecule has 0 bridgehead atoms. The van der Waals surface area contributed by atoms with Crippen LogP contribution in [0.3, 0.4) is 0 Å². The molecule has 1 heterocycles. The highest BCUT2D eigenvalue weighted by Crippen LogP contribution is 2.47. The molecule has 0 aromatic heterocycles. The predicted molar refractivity (Wildman–Crippen MR) is 78.6 cm³/mol. The molecule has 0 radical (unpaired) electrons. The van der Waals surface area contributed by atoms with Crippen molar-refractivity contribution in [3.8, 4) is 0 Å². The molecule has 1 saturated heterocycles. The molecule has 110 valence electrons. The fourth-order valence-corrected chi connectivity index (χ4v) is 4.03. The number of piperazine rings is 1. The molecule has 2 saturated carbocycles. The van der Waals surface area contributed by atoms with Gasteiger partial charge in [-0.25, -0.2) is 0 Å². The summed E-state index contributed by atoms with van der Waals surface area (Å²) in [6, 6.07) is 10.5. The molecule has 3 fully saturated rings. The smallest absolute Gasteiger partial charge is 0.249 e. The van der Waals surface area contributed by atoms with Crippen molar-refractivity contribution < 1.29 is 9.59 Å². The van der Waals surface area contributed by atoms with Gasteiger partial charge in [-0.1, -0.05) is 43.2 Å². The van der Waals surface area contributed by atoms with E-state index in [-0.39, 0.29) is 24.4 Å². The molecule has 4 heteroatoms. The van der Waals surface area contributed by atoms with Gasteiger partial charge in [0.1, 0.15) is 5.54 Å². The Morgan fingerprint density at radius 2 is 1.81 bits per heavy atom. The Balaban J connectivity index is 1.55. The second-order valence-corrected chi connectivity index (χ2v) is 6.59. The maximum atomic E-state index is 12.9. The van der Waals surface area contributed by atoms with Crippen LogP contribution in [-0.4, -0.2) is 34.8 Å². The standard InChI is InChI=1S/C17H20N2O2/c20-15-11-19(16(21)17(18-15)8-4-5-9-17)14-10-13(14)12-6-2-1-3-7-12/h1-3,6-7,13-14H,4-5,8-11H2,(H,18,20). The highest BCUT2D eigenvalue weighted by atomic mass is 16.2. The first kappa shape index (κ1) is 12.9. The number of carbonyl (C=O) groups is 2. The van der Waals surface area contributed by atoms with Gasteiger partial charge >= 0.3 is 0 Å². The Morgan fingerprint density at radius 1 is 1.10 bits per heavy atom. The maximum Gasteiger partial charge on any atom is 0.249 e. The van der Waals surface area contributed by atoms with Crippen molar-refractivity contribution in [2.24, 2.45) is 0 Å². The lowest BCUT2D eigenvalue weighted by molar-refractivity contribution is -0.150. The van der Waals surface area contributed by atoms with Crippen LogP contribution in [0.15, 0.2) is 30.3 Å². The van der Waals surface area contributed by atoms with Crippen molar-refractivity contribution in [3.05, 3.63) is 35.9 Å². The van der Waals surface area contributed by atoms with Crippen molar-refractivity contribution in [1.29, 1.82) is 0 Å². The van der Waals surface area contributed by atoms with Crippen molar-refractivity contribution in [2.75, 3.05) is 6.54 Å². The van der Waals surface area contributed by atoms with Crippen molar-refractivity contribution >= 4 is 11.8 Å². The zero-order valence-electron chi connectivity index (χ0n) is 12.0. The summed E-state index contributed by atoms with van der Waals surface area (Å²) >= 11 is 0. The van der Waals surface area contributed by atoms with Crippen LogP contribution in [0.25, 0.3) is 0 Å². The Kier molecular flexibility index (Phi) is 2.81. The van der Waals surface area contributed by atoms with E-state index in [1.54, 1.807) is 0 Å². The zero-order chi connectivity index (χ0) is 14.4. The Bertz CT molecular complexity index is 578. The molecule has 4 rings (SSSR count). The molecule has 2 atom stereocenters. The summed E-state index contributed by atoms with van der Waals surface area (Å²) in [7, 11) is 0. The average molecular weight is 284 g/mol. The Morgan fingerprint density at radius 3 is 2.52 bits per heavy atom. The van der Waals surface area contributed by atoms with Gasteiger partial charge in [-0.3, -0.25) is 9.59 Å². The fraction of sp³-hybridized carbons (Fsp3) is 0.529. The summed E-state index contributed by atoms with van der Waals surface area (Å²) in [5.74, 6) is 0.567. The van der Waals surface area contributed by atoms with Crippen LogP contribution in [0.4, 0.5) is 0 Å². The quantitative estimate of drug-likeness (QED) is 0.900. The summed E-state index contributed by atoms with van der Waals surface area (Å²) in [5.41, 5.74) is 0.695. The van der Waals surface area contributed by atoms with Crippen LogP contribution < -0.4 is 5.32 Å². The molecule has 3 aliphatic rings. The first-order chi connectivity index (χ1) is 10.2. The number of nitrogens with one attached hydrogen (secondary N) is 1. The van der Waals surface area contributed by atoms with Crippen LogP contribution >= 0.6 is 0 Å². The fourth-order valence-electron chi connectivity index (χ4n) is 4.03. The van der Waals surface area contributed by atoms with Gasteiger partial charge in [0.05, 0.1) is 6.54 Å². The van der Waals surface area contributed by atoms with Crippen LogP contribution in [0.2, 0.25) is 0 Å². The summed E-state index contributed by atoms with van der Waals surface area (Å²) in [5, 5.41) is 2.98. The lowest BCUT2D eigenvalue weighted by Gasteiger charge is -2.40. The SMILES string of the molecule is O=C1CN(C2CC2c2ccccc2)C(=O)C2(CCCC2)N1. The monoisotopic (exact) mass is 284 g/mol. The molecular weight excluding hydrogens is 264 g/mol. The molecule has 1 aliphatic heterocycles. The van der Waals surface area contributed by atoms with E-state index in [1.807, 2.05) is 23.1 Å². The third-order valence-electron chi connectivity index (χ3n) is 5.20. The number of nitrogens with zero attached hydrogens (tertiary/aromatic N) is 1. The van der Waals surface area contributed by atoms with Crippen molar-refractivity contribution in [2.45, 2.75) is 49.6 Å². The lowest BCUT2D eigenvalue weighted by Crippen LogP contribution is -2.66. The van der Waals surface area contributed by atoms with Gasteiger partial charge < -0.3 is 10.2 Å². The third kappa shape index (κ3) is 2.04. The summed E-state index contributed by atoms with van der Waals surface area (Å²) in [6.07, 6.45) is 4.66. The molecule has 2 aliphatic carbocycles. The molecule has 1 N–H and O–H groups in total. The topological polar surface area (TPSA) is 49.4 Å². The largest absolute Gasteiger partial charge is 0.340 e. The maximum absolute atomic E-state index is 12.9.